The van der Waals surface area contributed by atoms with Gasteiger partial charge in [-0.25, -0.2) is 8.42 Å². The van der Waals surface area contributed by atoms with Gasteiger partial charge in [0.1, 0.15) is 0 Å². The molecule has 0 aliphatic carbocycles. The van der Waals surface area contributed by atoms with Crippen molar-refractivity contribution in [3.8, 4) is 0 Å². The van der Waals surface area contributed by atoms with Crippen LogP contribution in [0, 0.1) is 5.92 Å². The molecule has 5 nitrogen and oxygen atoms in total. The van der Waals surface area contributed by atoms with Crippen LogP contribution in [0.1, 0.15) is 12.8 Å². The molecular formula is C7H11F2NO4S. The van der Waals surface area contributed by atoms with Crippen LogP contribution < -0.4 is 0 Å². The largest absolute Gasteiger partial charge is 0.481 e. The molecule has 0 radical (unpaired) electrons. The molecule has 8 heteroatoms. The van der Waals surface area contributed by atoms with Gasteiger partial charge in [0.15, 0.2) is 0 Å². The van der Waals surface area contributed by atoms with Crippen molar-refractivity contribution in [2.45, 2.75) is 18.6 Å². The van der Waals surface area contributed by atoms with E-state index in [4.69, 9.17) is 5.11 Å². The lowest BCUT2D eigenvalue weighted by Gasteiger charge is -2.29. The van der Waals surface area contributed by atoms with E-state index in [0.29, 0.717) is 17.1 Å². The van der Waals surface area contributed by atoms with E-state index in [2.05, 4.69) is 0 Å². The van der Waals surface area contributed by atoms with E-state index < -0.39 is 27.7 Å². The summed E-state index contributed by atoms with van der Waals surface area (Å²) in [4.78, 5) is 10.6. The number of sulfonamides is 1. The average Bonchev–Trinajstić information content (AvgIpc) is 2.17. The molecule has 1 saturated heterocycles. The Balaban J connectivity index is 2.77. The average molecular weight is 243 g/mol. The third-order valence-corrected chi connectivity index (χ3v) is 3.82. The van der Waals surface area contributed by atoms with Gasteiger partial charge in [-0.3, -0.25) is 4.79 Å². The molecule has 0 aromatic carbocycles. The monoisotopic (exact) mass is 243 g/mol. The van der Waals surface area contributed by atoms with Crippen LogP contribution in [0.3, 0.4) is 0 Å². The number of hydrogen-bond acceptors (Lipinski definition) is 3. The first-order valence-corrected chi connectivity index (χ1v) is 5.86. The van der Waals surface area contributed by atoms with E-state index >= 15 is 0 Å². The quantitative estimate of drug-likeness (QED) is 0.775. The van der Waals surface area contributed by atoms with Gasteiger partial charge in [0.2, 0.25) is 0 Å². The fraction of sp³-hybridized carbons (Fsp3) is 0.857. The summed E-state index contributed by atoms with van der Waals surface area (Å²) >= 11 is 0. The van der Waals surface area contributed by atoms with Gasteiger partial charge in [0, 0.05) is 13.1 Å². The molecule has 1 aliphatic rings. The SMILES string of the molecule is O=C(O)C1CCCN(S(=O)(=O)C(F)F)C1. The van der Waals surface area contributed by atoms with Crippen molar-refractivity contribution in [2.24, 2.45) is 5.92 Å². The number of alkyl halides is 2. The fourth-order valence-corrected chi connectivity index (χ4v) is 2.48. The lowest BCUT2D eigenvalue weighted by Crippen LogP contribution is -2.44. The van der Waals surface area contributed by atoms with Crippen molar-refractivity contribution in [2.75, 3.05) is 13.1 Å². The number of carbonyl (C=O) groups is 1. The second kappa shape index (κ2) is 4.40. The van der Waals surface area contributed by atoms with E-state index in [1.807, 2.05) is 0 Å². The number of halogens is 2. The van der Waals surface area contributed by atoms with Crippen molar-refractivity contribution in [3.05, 3.63) is 0 Å². The molecule has 1 atom stereocenters. The Bertz CT molecular complexity index is 343. The Labute approximate surface area is 85.7 Å². The zero-order chi connectivity index (χ0) is 11.6. The molecule has 1 rings (SSSR count). The van der Waals surface area contributed by atoms with Gasteiger partial charge in [0.25, 0.3) is 10.0 Å². The highest BCUT2D eigenvalue weighted by Crippen LogP contribution is 2.22. The summed E-state index contributed by atoms with van der Waals surface area (Å²) in [5.74, 6) is -5.51. The first-order valence-electron chi connectivity index (χ1n) is 4.35. The smallest absolute Gasteiger partial charge is 0.350 e. The topological polar surface area (TPSA) is 74.7 Å². The maximum atomic E-state index is 12.1. The minimum atomic E-state index is -4.63. The van der Waals surface area contributed by atoms with E-state index in [1.165, 1.54) is 0 Å². The van der Waals surface area contributed by atoms with E-state index in [1.54, 1.807) is 0 Å². The van der Waals surface area contributed by atoms with Crippen LogP contribution in [-0.4, -0.2) is 42.6 Å². The number of carboxylic acid groups (broad SMARTS) is 1. The van der Waals surface area contributed by atoms with Crippen LogP contribution in [0.25, 0.3) is 0 Å². The molecule has 1 N–H and O–H groups in total. The summed E-state index contributed by atoms with van der Waals surface area (Å²) in [7, 11) is -4.63. The molecular weight excluding hydrogens is 232 g/mol. The van der Waals surface area contributed by atoms with E-state index in [-0.39, 0.29) is 13.1 Å². The van der Waals surface area contributed by atoms with Crippen LogP contribution in [0.5, 0.6) is 0 Å². The van der Waals surface area contributed by atoms with E-state index in [0.717, 1.165) is 0 Å². The number of nitrogens with zero attached hydrogens (tertiary/aromatic N) is 1. The highest BCUT2D eigenvalue weighted by molar-refractivity contribution is 7.89. The number of rotatable bonds is 3. The van der Waals surface area contributed by atoms with Crippen molar-refractivity contribution in [1.82, 2.24) is 4.31 Å². The summed E-state index contributed by atoms with van der Waals surface area (Å²) in [5, 5.41) is 8.65. The summed E-state index contributed by atoms with van der Waals surface area (Å²) in [6.45, 7) is -0.390. The Kier molecular flexibility index (Phi) is 3.61. The van der Waals surface area contributed by atoms with Crippen LogP contribution in [0.2, 0.25) is 0 Å². The zero-order valence-electron chi connectivity index (χ0n) is 7.77. The van der Waals surface area contributed by atoms with Gasteiger partial charge in [-0.1, -0.05) is 0 Å². The van der Waals surface area contributed by atoms with Crippen LogP contribution >= 0.6 is 0 Å². The van der Waals surface area contributed by atoms with Crippen LogP contribution in [-0.2, 0) is 14.8 Å². The second-order valence-electron chi connectivity index (χ2n) is 3.34. The minimum Gasteiger partial charge on any atom is -0.481 e. The lowest BCUT2D eigenvalue weighted by atomic mass is 10.0. The Hall–Kier alpha value is -0.760. The second-order valence-corrected chi connectivity index (χ2v) is 5.24. The predicted octanol–water partition coefficient (Wildman–Crippen LogP) is 0.335. The highest BCUT2D eigenvalue weighted by Gasteiger charge is 2.37. The molecule has 1 heterocycles. The van der Waals surface area contributed by atoms with Gasteiger partial charge in [-0.15, -0.1) is 0 Å². The normalized spacial score (nSPS) is 24.3. The van der Waals surface area contributed by atoms with Crippen LogP contribution in [0.4, 0.5) is 8.78 Å². The molecule has 1 aliphatic heterocycles. The Morgan fingerprint density at radius 3 is 2.53 bits per heavy atom. The predicted molar refractivity (Wildman–Crippen MR) is 46.9 cm³/mol. The van der Waals surface area contributed by atoms with Crippen molar-refractivity contribution in [3.63, 3.8) is 0 Å². The summed E-state index contributed by atoms with van der Waals surface area (Å²) in [6, 6.07) is 0. The van der Waals surface area contributed by atoms with Gasteiger partial charge in [-0.2, -0.15) is 13.1 Å². The summed E-state index contributed by atoms with van der Waals surface area (Å²) < 4.78 is 46.9. The van der Waals surface area contributed by atoms with Gasteiger partial charge in [-0.05, 0) is 12.8 Å². The van der Waals surface area contributed by atoms with Gasteiger partial charge < -0.3 is 5.11 Å². The Morgan fingerprint density at radius 1 is 1.47 bits per heavy atom. The molecule has 1 fully saturated rings. The first kappa shape index (κ1) is 12.3. The van der Waals surface area contributed by atoms with Crippen molar-refractivity contribution in [1.29, 1.82) is 0 Å². The fourth-order valence-electron chi connectivity index (χ4n) is 1.49. The molecule has 88 valence electrons. The maximum absolute atomic E-state index is 12.1. The highest BCUT2D eigenvalue weighted by atomic mass is 32.2. The van der Waals surface area contributed by atoms with Gasteiger partial charge in [0.05, 0.1) is 5.92 Å². The first-order chi connectivity index (χ1) is 6.85. The molecule has 0 spiro atoms. The number of carboxylic acids is 1. The summed E-state index contributed by atoms with van der Waals surface area (Å²) in [5.41, 5.74) is 0. The molecule has 1 unspecified atom stereocenters. The molecule has 0 aromatic heterocycles. The molecule has 15 heavy (non-hydrogen) atoms. The van der Waals surface area contributed by atoms with Crippen LogP contribution in [0.15, 0.2) is 0 Å². The summed E-state index contributed by atoms with van der Waals surface area (Å²) in [6.07, 6.45) is 0.619. The third-order valence-electron chi connectivity index (χ3n) is 2.32. The molecule has 0 amide bonds. The third kappa shape index (κ3) is 2.63. The molecule has 0 aromatic rings. The van der Waals surface area contributed by atoms with E-state index in [9.17, 15) is 22.0 Å². The lowest BCUT2D eigenvalue weighted by molar-refractivity contribution is -0.142. The molecule has 0 bridgehead atoms. The maximum Gasteiger partial charge on any atom is 0.350 e. The number of piperidine rings is 1. The number of hydrogen-bond donors (Lipinski definition) is 1. The van der Waals surface area contributed by atoms with Gasteiger partial charge >= 0.3 is 11.7 Å². The Morgan fingerprint density at radius 2 is 2.07 bits per heavy atom. The standard InChI is InChI=1S/C7H11F2NO4S/c8-7(9)15(13,14)10-3-1-2-5(4-10)6(11)12/h5,7H,1-4H2,(H,11,12). The molecule has 0 saturated carbocycles. The van der Waals surface area contributed by atoms with Crippen molar-refractivity contribution < 1.29 is 27.1 Å². The zero-order valence-corrected chi connectivity index (χ0v) is 8.58. The van der Waals surface area contributed by atoms with Crippen molar-refractivity contribution >= 4 is 16.0 Å². The minimum absolute atomic E-state index is 0.0313. The number of aliphatic carboxylic acids is 1.